The van der Waals surface area contributed by atoms with Crippen molar-refractivity contribution in [3.8, 4) is 11.1 Å². The lowest BCUT2D eigenvalue weighted by Gasteiger charge is -2.38. The van der Waals surface area contributed by atoms with Crippen molar-refractivity contribution in [3.05, 3.63) is 53.6 Å². The Morgan fingerprint density at radius 1 is 1.16 bits per heavy atom. The van der Waals surface area contributed by atoms with Gasteiger partial charge >= 0.3 is 0 Å². The van der Waals surface area contributed by atoms with Gasteiger partial charge in [-0.1, -0.05) is 30.3 Å². The Hall–Kier alpha value is -2.17. The van der Waals surface area contributed by atoms with Crippen molar-refractivity contribution in [1.82, 2.24) is 4.90 Å². The zero-order valence-electron chi connectivity index (χ0n) is 15.5. The van der Waals surface area contributed by atoms with Crippen LogP contribution >= 0.6 is 0 Å². The van der Waals surface area contributed by atoms with Crippen LogP contribution in [0.25, 0.3) is 11.1 Å². The van der Waals surface area contributed by atoms with E-state index in [9.17, 15) is 4.79 Å². The largest absolute Gasteiger partial charge is 0.324 e. The number of hydrogen-bond donors (Lipinski definition) is 1. The smallest absolute Gasteiger partial charge is 0.224 e. The third kappa shape index (κ3) is 3.60. The van der Waals surface area contributed by atoms with E-state index in [-0.39, 0.29) is 18.0 Å². The highest BCUT2D eigenvalue weighted by atomic mass is 16.2. The van der Waals surface area contributed by atoms with Crippen molar-refractivity contribution >= 4 is 11.6 Å². The first-order valence-corrected chi connectivity index (χ1v) is 8.80. The van der Waals surface area contributed by atoms with Crippen molar-refractivity contribution in [3.63, 3.8) is 0 Å². The molecular formula is C21H27N3O. The van der Waals surface area contributed by atoms with Crippen LogP contribution in [0.1, 0.15) is 37.4 Å². The number of amides is 1. The van der Waals surface area contributed by atoms with Crippen LogP contribution in [0.3, 0.4) is 0 Å². The van der Waals surface area contributed by atoms with Gasteiger partial charge in [-0.05, 0) is 61.8 Å². The molecule has 4 nitrogen and oxygen atoms in total. The number of carbonyl (C=O) groups is 1. The lowest BCUT2D eigenvalue weighted by atomic mass is 9.89. The summed E-state index contributed by atoms with van der Waals surface area (Å²) in [6.45, 7) is 4.61. The molecule has 1 amide bonds. The Kier molecular flexibility index (Phi) is 4.93. The van der Waals surface area contributed by atoms with E-state index in [0.717, 1.165) is 29.8 Å². The van der Waals surface area contributed by atoms with E-state index in [2.05, 4.69) is 62.3 Å². The fourth-order valence-corrected chi connectivity index (χ4v) is 3.74. The first-order chi connectivity index (χ1) is 11.9. The Morgan fingerprint density at radius 3 is 2.40 bits per heavy atom. The van der Waals surface area contributed by atoms with Crippen molar-refractivity contribution in [2.45, 2.75) is 38.9 Å². The fraction of sp³-hybridized carbons (Fsp3) is 0.381. The molecule has 0 spiro atoms. The van der Waals surface area contributed by atoms with E-state index >= 15 is 0 Å². The summed E-state index contributed by atoms with van der Waals surface area (Å²) in [6, 6.07) is 15.0. The van der Waals surface area contributed by atoms with Gasteiger partial charge in [0.15, 0.2) is 0 Å². The van der Waals surface area contributed by atoms with Crippen molar-refractivity contribution in [2.24, 2.45) is 5.73 Å². The third-order valence-corrected chi connectivity index (χ3v) is 4.85. The zero-order chi connectivity index (χ0) is 18.1. The Labute approximate surface area is 150 Å². The average molecular weight is 337 g/mol. The minimum atomic E-state index is -0.0337. The monoisotopic (exact) mass is 337 g/mol. The molecule has 0 aromatic heterocycles. The van der Waals surface area contributed by atoms with Gasteiger partial charge in [-0.15, -0.1) is 0 Å². The summed E-state index contributed by atoms with van der Waals surface area (Å²) in [5, 5.41) is 0. The lowest BCUT2D eigenvalue weighted by Crippen LogP contribution is -2.43. The van der Waals surface area contributed by atoms with Crippen LogP contribution in [0.15, 0.2) is 42.5 Å². The van der Waals surface area contributed by atoms with Gasteiger partial charge in [-0.3, -0.25) is 4.79 Å². The van der Waals surface area contributed by atoms with Gasteiger partial charge in [-0.2, -0.15) is 0 Å². The molecular weight excluding hydrogens is 310 g/mol. The number of carbonyl (C=O) groups excluding carboxylic acids is 1. The molecule has 0 radical (unpaired) electrons. The van der Waals surface area contributed by atoms with Crippen LogP contribution < -0.4 is 10.6 Å². The molecule has 0 saturated heterocycles. The van der Waals surface area contributed by atoms with Crippen molar-refractivity contribution < 1.29 is 4.79 Å². The molecule has 132 valence electrons. The molecule has 1 aliphatic rings. The summed E-state index contributed by atoms with van der Waals surface area (Å²) in [4.78, 5) is 16.1. The zero-order valence-corrected chi connectivity index (χ0v) is 15.5. The number of nitrogens with two attached hydrogens (primary N) is 1. The number of benzene rings is 2. The predicted molar refractivity (Wildman–Crippen MR) is 103 cm³/mol. The number of hydrogen-bond acceptors (Lipinski definition) is 3. The summed E-state index contributed by atoms with van der Waals surface area (Å²) in [7, 11) is 4.14. The minimum Gasteiger partial charge on any atom is -0.324 e. The van der Waals surface area contributed by atoms with E-state index in [0.29, 0.717) is 0 Å². The maximum Gasteiger partial charge on any atom is 0.224 e. The quantitative estimate of drug-likeness (QED) is 0.932. The highest BCUT2D eigenvalue weighted by molar-refractivity contribution is 5.94. The van der Waals surface area contributed by atoms with Crippen molar-refractivity contribution in [1.29, 1.82) is 0 Å². The molecule has 0 saturated carbocycles. The molecule has 2 atom stereocenters. The summed E-state index contributed by atoms with van der Waals surface area (Å²) >= 11 is 0. The van der Waals surface area contributed by atoms with Crippen molar-refractivity contribution in [2.75, 3.05) is 19.0 Å². The highest BCUT2D eigenvalue weighted by Gasteiger charge is 2.30. The fourth-order valence-electron chi connectivity index (χ4n) is 3.74. The van der Waals surface area contributed by atoms with Crippen LogP contribution in [0.2, 0.25) is 0 Å². The Balaban J connectivity index is 1.95. The molecule has 25 heavy (non-hydrogen) atoms. The maximum atomic E-state index is 12.0. The SMILES string of the molecule is CC(=O)N1c2ccc(-c3ccc(CN(C)C)cc3)cc2[C@H](N)C[C@@H]1C. The van der Waals surface area contributed by atoms with E-state index in [4.69, 9.17) is 5.73 Å². The summed E-state index contributed by atoms with van der Waals surface area (Å²) in [5.74, 6) is 0.0708. The van der Waals surface area contributed by atoms with Gasteiger partial charge in [0.2, 0.25) is 5.91 Å². The summed E-state index contributed by atoms with van der Waals surface area (Å²) in [5.41, 5.74) is 12.0. The second kappa shape index (κ2) is 6.98. The van der Waals surface area contributed by atoms with Gasteiger partial charge in [-0.25, -0.2) is 0 Å². The number of nitrogens with zero attached hydrogens (tertiary/aromatic N) is 2. The second-order valence-electron chi connectivity index (χ2n) is 7.29. The first-order valence-electron chi connectivity index (χ1n) is 8.80. The number of fused-ring (bicyclic) bond motifs is 1. The number of rotatable bonds is 3. The molecule has 1 aliphatic heterocycles. The normalized spacial score (nSPS) is 19.8. The van der Waals surface area contributed by atoms with Crippen LogP contribution in [0, 0.1) is 0 Å². The van der Waals surface area contributed by atoms with Crippen LogP contribution in [0.4, 0.5) is 5.69 Å². The molecule has 0 unspecified atom stereocenters. The van der Waals surface area contributed by atoms with Crippen LogP contribution in [0.5, 0.6) is 0 Å². The number of anilines is 1. The molecule has 2 aromatic rings. The van der Waals surface area contributed by atoms with E-state index in [1.165, 1.54) is 11.1 Å². The Morgan fingerprint density at radius 2 is 1.80 bits per heavy atom. The summed E-state index contributed by atoms with van der Waals surface area (Å²) in [6.07, 6.45) is 0.789. The molecule has 4 heteroatoms. The molecule has 0 fully saturated rings. The van der Waals surface area contributed by atoms with Gasteiger partial charge in [0.1, 0.15) is 0 Å². The third-order valence-electron chi connectivity index (χ3n) is 4.85. The highest BCUT2D eigenvalue weighted by Crippen LogP contribution is 2.38. The minimum absolute atomic E-state index is 0.0337. The van der Waals surface area contributed by atoms with Gasteiger partial charge in [0, 0.05) is 31.2 Å². The first kappa shape index (κ1) is 17.6. The topological polar surface area (TPSA) is 49.6 Å². The van der Waals surface area contributed by atoms with E-state index in [1.54, 1.807) is 6.92 Å². The molecule has 3 rings (SSSR count). The van der Waals surface area contributed by atoms with Crippen LogP contribution in [-0.2, 0) is 11.3 Å². The van der Waals surface area contributed by atoms with Gasteiger partial charge in [0.25, 0.3) is 0 Å². The van der Waals surface area contributed by atoms with Crippen LogP contribution in [-0.4, -0.2) is 30.9 Å². The molecule has 0 aliphatic carbocycles. The predicted octanol–water partition coefficient (Wildman–Crippen LogP) is 3.56. The van der Waals surface area contributed by atoms with Gasteiger partial charge < -0.3 is 15.5 Å². The molecule has 2 aromatic carbocycles. The molecule has 2 N–H and O–H groups in total. The lowest BCUT2D eigenvalue weighted by molar-refractivity contribution is -0.117. The molecule has 1 heterocycles. The standard InChI is InChI=1S/C21H27N3O/c1-14-11-20(22)19-12-18(9-10-21(19)24(14)15(2)25)17-7-5-16(6-8-17)13-23(3)4/h5-10,12,14,20H,11,13,22H2,1-4H3/t14-,20+/m0/s1. The maximum absolute atomic E-state index is 12.0. The summed E-state index contributed by atoms with van der Waals surface area (Å²) < 4.78 is 0. The Bertz CT molecular complexity index is 767. The van der Waals surface area contributed by atoms with Gasteiger partial charge in [0.05, 0.1) is 0 Å². The molecule has 0 bridgehead atoms. The van der Waals surface area contributed by atoms with E-state index in [1.807, 2.05) is 11.0 Å². The average Bonchev–Trinajstić information content (AvgIpc) is 2.54. The van der Waals surface area contributed by atoms with E-state index < -0.39 is 0 Å². The second-order valence-corrected chi connectivity index (χ2v) is 7.29.